The van der Waals surface area contributed by atoms with Crippen molar-refractivity contribution >= 4 is 21.4 Å². The molecule has 0 spiro atoms. The maximum Gasteiger partial charge on any atom is 0.258 e. The van der Waals surface area contributed by atoms with Crippen LogP contribution in [0.1, 0.15) is 15.9 Å². The average Bonchev–Trinajstić information content (AvgIpc) is 2.66. The number of aromatic nitrogens is 1. The fourth-order valence-corrected chi connectivity index (χ4v) is 3.25. The minimum absolute atomic E-state index is 0.123. The monoisotopic (exact) mass is 366 g/mol. The van der Waals surface area contributed by atoms with Crippen LogP contribution in [0.3, 0.4) is 0 Å². The molecule has 1 aromatic heterocycles. The molecule has 0 aliphatic rings. The molecule has 0 aliphatic carbocycles. The Morgan fingerprint density at radius 2 is 1.65 bits per heavy atom. The third kappa shape index (κ3) is 4.15. The van der Waals surface area contributed by atoms with Crippen molar-refractivity contribution in [2.75, 3.05) is 11.2 Å². The Morgan fingerprint density at radius 1 is 0.962 bits per heavy atom. The summed E-state index contributed by atoms with van der Waals surface area (Å²) >= 11 is 0. The van der Waals surface area contributed by atoms with Crippen molar-refractivity contribution in [2.45, 2.75) is 11.4 Å². The van der Waals surface area contributed by atoms with Crippen LogP contribution >= 0.6 is 0 Å². The first-order chi connectivity index (χ1) is 12.4. The standard InChI is InChI=1S/C20H18N2O3S/c1-26(24,25)19-9-5-8-17(14-19)20(23)22(18-10-12-21-13-11-18)15-16-6-3-2-4-7-16/h2-14H,15H2,1H3. The predicted molar refractivity (Wildman–Crippen MR) is 101 cm³/mol. The lowest BCUT2D eigenvalue weighted by atomic mass is 10.1. The number of carbonyl (C=O) groups is 1. The van der Waals surface area contributed by atoms with Crippen LogP contribution in [-0.4, -0.2) is 25.6 Å². The molecule has 0 N–H and O–H groups in total. The molecule has 26 heavy (non-hydrogen) atoms. The van der Waals surface area contributed by atoms with Crippen LogP contribution in [-0.2, 0) is 16.4 Å². The van der Waals surface area contributed by atoms with Gasteiger partial charge in [0.1, 0.15) is 0 Å². The van der Waals surface area contributed by atoms with E-state index in [2.05, 4.69) is 4.98 Å². The molecule has 132 valence electrons. The van der Waals surface area contributed by atoms with Crippen molar-refractivity contribution in [3.63, 3.8) is 0 Å². The number of sulfone groups is 1. The molecule has 0 saturated carbocycles. The molecule has 0 atom stereocenters. The van der Waals surface area contributed by atoms with Gasteiger partial charge < -0.3 is 4.90 Å². The minimum Gasteiger partial charge on any atom is -0.304 e. The van der Waals surface area contributed by atoms with E-state index >= 15 is 0 Å². The predicted octanol–water partition coefficient (Wildman–Crippen LogP) is 3.33. The Labute approximate surface area is 152 Å². The highest BCUT2D eigenvalue weighted by Gasteiger charge is 2.20. The lowest BCUT2D eigenvalue weighted by Gasteiger charge is -2.23. The summed E-state index contributed by atoms with van der Waals surface area (Å²) < 4.78 is 23.6. The van der Waals surface area contributed by atoms with Crippen LogP contribution in [0.25, 0.3) is 0 Å². The Balaban J connectivity index is 2.00. The van der Waals surface area contributed by atoms with Crippen LogP contribution in [0, 0.1) is 0 Å². The first-order valence-corrected chi connectivity index (χ1v) is 9.90. The second kappa shape index (κ2) is 7.49. The van der Waals surface area contributed by atoms with E-state index in [0.29, 0.717) is 17.8 Å². The number of benzene rings is 2. The van der Waals surface area contributed by atoms with E-state index in [-0.39, 0.29) is 10.8 Å². The van der Waals surface area contributed by atoms with Crippen molar-refractivity contribution in [1.29, 1.82) is 0 Å². The maximum absolute atomic E-state index is 13.1. The molecular formula is C20H18N2O3S. The van der Waals surface area contributed by atoms with Crippen molar-refractivity contribution in [1.82, 2.24) is 4.98 Å². The number of hydrogen-bond donors (Lipinski definition) is 0. The lowest BCUT2D eigenvalue weighted by Crippen LogP contribution is -2.30. The van der Waals surface area contributed by atoms with Crippen LogP contribution in [0.2, 0.25) is 0 Å². The molecule has 3 rings (SSSR count). The number of carbonyl (C=O) groups excluding carboxylic acids is 1. The molecule has 0 radical (unpaired) electrons. The van der Waals surface area contributed by atoms with Gasteiger partial charge in [0.25, 0.3) is 5.91 Å². The summed E-state index contributed by atoms with van der Waals surface area (Å²) in [6.07, 6.45) is 4.36. The van der Waals surface area contributed by atoms with Gasteiger partial charge in [-0.25, -0.2) is 8.42 Å². The van der Waals surface area contributed by atoms with Crippen molar-refractivity contribution in [2.24, 2.45) is 0 Å². The fourth-order valence-electron chi connectivity index (χ4n) is 2.59. The molecule has 2 aromatic carbocycles. The van der Waals surface area contributed by atoms with Gasteiger partial charge in [0.15, 0.2) is 9.84 Å². The highest BCUT2D eigenvalue weighted by atomic mass is 32.2. The molecule has 1 amide bonds. The van der Waals surface area contributed by atoms with Gasteiger partial charge in [-0.1, -0.05) is 36.4 Å². The summed E-state index contributed by atoms with van der Waals surface area (Å²) in [6, 6.07) is 19.2. The summed E-state index contributed by atoms with van der Waals surface area (Å²) in [4.78, 5) is 18.9. The minimum atomic E-state index is -3.39. The highest BCUT2D eigenvalue weighted by molar-refractivity contribution is 7.90. The number of rotatable bonds is 5. The molecular weight excluding hydrogens is 348 g/mol. The van der Waals surface area contributed by atoms with Gasteiger partial charge in [0.05, 0.1) is 11.4 Å². The first kappa shape index (κ1) is 17.8. The summed E-state index contributed by atoms with van der Waals surface area (Å²) in [6.45, 7) is 0.368. The van der Waals surface area contributed by atoms with E-state index in [9.17, 15) is 13.2 Å². The topological polar surface area (TPSA) is 67.3 Å². The SMILES string of the molecule is CS(=O)(=O)c1cccc(C(=O)N(Cc2ccccc2)c2ccncc2)c1. The second-order valence-electron chi connectivity index (χ2n) is 5.88. The molecule has 0 bridgehead atoms. The molecule has 0 fully saturated rings. The zero-order valence-electron chi connectivity index (χ0n) is 14.2. The van der Waals surface area contributed by atoms with Crippen molar-refractivity contribution in [3.8, 4) is 0 Å². The van der Waals surface area contributed by atoms with E-state index in [1.165, 1.54) is 12.1 Å². The van der Waals surface area contributed by atoms with Gasteiger partial charge in [-0.15, -0.1) is 0 Å². The fraction of sp³-hybridized carbons (Fsp3) is 0.100. The van der Waals surface area contributed by atoms with E-state index in [1.807, 2.05) is 30.3 Å². The first-order valence-electron chi connectivity index (χ1n) is 8.01. The summed E-state index contributed by atoms with van der Waals surface area (Å²) in [7, 11) is -3.39. The third-order valence-corrected chi connectivity index (χ3v) is 5.02. The third-order valence-electron chi connectivity index (χ3n) is 3.91. The number of pyridine rings is 1. The Kier molecular flexibility index (Phi) is 5.14. The second-order valence-corrected chi connectivity index (χ2v) is 7.90. The molecule has 0 saturated heterocycles. The summed E-state index contributed by atoms with van der Waals surface area (Å²) in [5.74, 6) is -0.273. The molecule has 1 heterocycles. The van der Waals surface area contributed by atoms with Crippen LogP contribution < -0.4 is 4.90 Å². The number of nitrogens with zero attached hydrogens (tertiary/aromatic N) is 2. The summed E-state index contributed by atoms with van der Waals surface area (Å²) in [5.41, 5.74) is 1.98. The van der Waals surface area contributed by atoms with E-state index in [4.69, 9.17) is 0 Å². The zero-order valence-corrected chi connectivity index (χ0v) is 15.1. The van der Waals surface area contributed by atoms with Gasteiger partial charge in [0, 0.05) is 29.9 Å². The van der Waals surface area contributed by atoms with Crippen molar-refractivity contribution < 1.29 is 13.2 Å². The lowest BCUT2D eigenvalue weighted by molar-refractivity contribution is 0.0985. The van der Waals surface area contributed by atoms with Crippen LogP contribution in [0.4, 0.5) is 5.69 Å². The van der Waals surface area contributed by atoms with Gasteiger partial charge >= 0.3 is 0 Å². The Bertz CT molecular complexity index is 1000. The average molecular weight is 366 g/mol. The zero-order chi connectivity index (χ0) is 18.6. The Hall–Kier alpha value is -2.99. The van der Waals surface area contributed by atoms with Crippen LogP contribution in [0.15, 0.2) is 84.0 Å². The number of hydrogen-bond acceptors (Lipinski definition) is 4. The van der Waals surface area contributed by atoms with Crippen LogP contribution in [0.5, 0.6) is 0 Å². The smallest absolute Gasteiger partial charge is 0.258 e. The number of amides is 1. The molecule has 3 aromatic rings. The van der Waals surface area contributed by atoms with E-state index in [1.54, 1.807) is 41.6 Å². The van der Waals surface area contributed by atoms with E-state index < -0.39 is 9.84 Å². The van der Waals surface area contributed by atoms with Crippen molar-refractivity contribution in [3.05, 3.63) is 90.3 Å². The molecule has 0 aliphatic heterocycles. The molecule has 6 heteroatoms. The molecule has 0 unspecified atom stereocenters. The van der Waals surface area contributed by atoms with Gasteiger partial charge in [0.2, 0.25) is 0 Å². The van der Waals surface area contributed by atoms with Gasteiger partial charge in [-0.05, 0) is 35.9 Å². The van der Waals surface area contributed by atoms with E-state index in [0.717, 1.165) is 11.8 Å². The molecule has 5 nitrogen and oxygen atoms in total. The van der Waals surface area contributed by atoms with Gasteiger partial charge in [-0.3, -0.25) is 9.78 Å². The van der Waals surface area contributed by atoms with Gasteiger partial charge in [-0.2, -0.15) is 0 Å². The highest BCUT2D eigenvalue weighted by Crippen LogP contribution is 2.21. The normalized spacial score (nSPS) is 11.1. The quantitative estimate of drug-likeness (QED) is 0.695. The summed E-state index contributed by atoms with van der Waals surface area (Å²) in [5, 5.41) is 0. The maximum atomic E-state index is 13.1. The number of anilines is 1. The largest absolute Gasteiger partial charge is 0.304 e. The Morgan fingerprint density at radius 3 is 2.31 bits per heavy atom.